The van der Waals surface area contributed by atoms with Crippen molar-refractivity contribution in [2.24, 2.45) is 50.2 Å². The Morgan fingerprint density at radius 3 is 1.67 bits per heavy atom. The number of rotatable bonds is 13. The van der Waals surface area contributed by atoms with Gasteiger partial charge in [0, 0.05) is 61.3 Å². The monoisotopic (exact) mass is 1020 g/mol. The van der Waals surface area contributed by atoms with Gasteiger partial charge in [0.1, 0.15) is 32.0 Å². The van der Waals surface area contributed by atoms with Crippen molar-refractivity contribution in [3.63, 3.8) is 0 Å². The van der Waals surface area contributed by atoms with Gasteiger partial charge in [0.15, 0.2) is 18.3 Å². The third-order valence-corrected chi connectivity index (χ3v) is 17.6. The molecule has 72 heavy (non-hydrogen) atoms. The Kier molecular flexibility index (Phi) is 16.1. The number of esters is 9. The Bertz CT molecular complexity index is 2200. The Labute approximate surface area is 420 Å². The average Bonchev–Trinajstić information content (AvgIpc) is 3.25. The lowest BCUT2D eigenvalue weighted by molar-refractivity contribution is -0.305. The summed E-state index contributed by atoms with van der Waals surface area (Å²) >= 11 is 0. The zero-order valence-corrected chi connectivity index (χ0v) is 43.9. The number of carbonyl (C=O) groups is 9. The lowest BCUT2D eigenvalue weighted by Gasteiger charge is -2.72. The van der Waals surface area contributed by atoms with Crippen molar-refractivity contribution < 1.29 is 95.6 Å². The number of fused-ring (bicyclic) bond motifs is 7. The molecule has 1 saturated heterocycles. The van der Waals surface area contributed by atoms with Gasteiger partial charge in [-0.3, -0.25) is 43.2 Å². The molecule has 0 aromatic heterocycles. The second kappa shape index (κ2) is 20.7. The Balaban J connectivity index is 1.46. The van der Waals surface area contributed by atoms with Crippen LogP contribution in [0.2, 0.25) is 0 Å². The van der Waals surface area contributed by atoms with Crippen LogP contribution in [0.5, 0.6) is 0 Å². The molecule has 20 nitrogen and oxygen atoms in total. The first kappa shape index (κ1) is 56.2. The molecule has 0 radical (unpaired) electrons. The molecule has 0 aromatic carbocycles. The van der Waals surface area contributed by atoms with E-state index in [0.717, 1.165) is 33.3 Å². The van der Waals surface area contributed by atoms with Gasteiger partial charge in [-0.15, -0.1) is 0 Å². The molecule has 1 aliphatic heterocycles. The molecule has 0 aromatic rings. The van der Waals surface area contributed by atoms with Gasteiger partial charge in [-0.05, 0) is 84.9 Å². The maximum Gasteiger partial charge on any atom is 0.315 e. The first-order valence-electron chi connectivity index (χ1n) is 24.9. The Morgan fingerprint density at radius 2 is 1.12 bits per heavy atom. The Hall–Kier alpha value is -5.11. The lowest BCUT2D eigenvalue weighted by Crippen LogP contribution is -2.71. The number of aliphatic hydroxyl groups excluding tert-OH is 1. The predicted octanol–water partition coefficient (Wildman–Crippen LogP) is 4.94. The van der Waals surface area contributed by atoms with Crippen molar-refractivity contribution in [3.05, 3.63) is 11.6 Å². The van der Waals surface area contributed by atoms with Crippen LogP contribution in [0.25, 0.3) is 0 Å². The molecule has 20 heteroatoms. The molecule has 4 saturated carbocycles. The van der Waals surface area contributed by atoms with Crippen LogP contribution in [0.3, 0.4) is 0 Å². The maximum atomic E-state index is 15.5. The number of aliphatic hydroxyl groups is 1. The van der Waals surface area contributed by atoms with Crippen molar-refractivity contribution in [3.8, 4) is 0 Å². The largest absolute Gasteiger partial charge is 0.465 e. The summed E-state index contributed by atoms with van der Waals surface area (Å²) in [6, 6.07) is 0. The fourth-order valence-electron chi connectivity index (χ4n) is 14.4. The summed E-state index contributed by atoms with van der Waals surface area (Å²) in [6.07, 6.45) is -6.01. The second-order valence-corrected chi connectivity index (χ2v) is 22.5. The highest BCUT2D eigenvalue weighted by Gasteiger charge is 2.74. The van der Waals surface area contributed by atoms with E-state index in [1.807, 2.05) is 13.8 Å². The normalized spacial score (nSPS) is 38.1. The van der Waals surface area contributed by atoms with E-state index in [1.54, 1.807) is 0 Å². The average molecular weight is 1020 g/mol. The molecule has 6 aliphatic rings. The molecule has 0 spiro atoms. The van der Waals surface area contributed by atoms with Crippen molar-refractivity contribution in [2.75, 3.05) is 19.8 Å². The lowest BCUT2D eigenvalue weighted by atomic mass is 9.33. The van der Waals surface area contributed by atoms with E-state index in [4.69, 9.17) is 47.4 Å². The van der Waals surface area contributed by atoms with Crippen LogP contribution in [-0.4, -0.2) is 128 Å². The highest BCUT2D eigenvalue weighted by Crippen LogP contribution is 2.76. The molecule has 5 fully saturated rings. The minimum absolute atomic E-state index is 0.200. The van der Waals surface area contributed by atoms with Crippen molar-refractivity contribution in [1.82, 2.24) is 0 Å². The van der Waals surface area contributed by atoms with E-state index < -0.39 is 154 Å². The first-order chi connectivity index (χ1) is 33.4. The molecular weight excluding hydrogens is 945 g/mol. The van der Waals surface area contributed by atoms with E-state index in [0.29, 0.717) is 32.1 Å². The molecule has 1 heterocycles. The molecule has 0 bridgehead atoms. The highest BCUT2D eigenvalue weighted by atomic mass is 16.7. The van der Waals surface area contributed by atoms with Crippen LogP contribution in [0, 0.1) is 50.2 Å². The smallest absolute Gasteiger partial charge is 0.315 e. The molecular formula is C52H74O20. The van der Waals surface area contributed by atoms with Crippen molar-refractivity contribution in [1.29, 1.82) is 0 Å². The van der Waals surface area contributed by atoms with Gasteiger partial charge in [0.05, 0.1) is 16.9 Å². The molecule has 402 valence electrons. The summed E-state index contributed by atoms with van der Waals surface area (Å²) in [4.78, 5) is 116. The van der Waals surface area contributed by atoms with E-state index >= 15 is 4.79 Å². The van der Waals surface area contributed by atoms with Gasteiger partial charge in [0.25, 0.3) is 0 Å². The molecule has 0 amide bonds. The van der Waals surface area contributed by atoms with E-state index in [9.17, 15) is 43.5 Å². The van der Waals surface area contributed by atoms with Gasteiger partial charge >= 0.3 is 53.7 Å². The molecule has 1 N–H and O–H groups in total. The summed E-state index contributed by atoms with van der Waals surface area (Å²) < 4.78 is 58.3. The van der Waals surface area contributed by atoms with E-state index in [-0.39, 0.29) is 38.4 Å². The third-order valence-electron chi connectivity index (χ3n) is 17.6. The molecule has 15 atom stereocenters. The van der Waals surface area contributed by atoms with Gasteiger partial charge in [-0.1, -0.05) is 46.3 Å². The van der Waals surface area contributed by atoms with Gasteiger partial charge in [-0.25, -0.2) is 0 Å². The van der Waals surface area contributed by atoms with Crippen LogP contribution < -0.4 is 0 Å². The zero-order chi connectivity index (χ0) is 53.7. The first-order valence-corrected chi connectivity index (χ1v) is 24.9. The topological polar surface area (TPSA) is 266 Å². The summed E-state index contributed by atoms with van der Waals surface area (Å²) in [7, 11) is 0. The molecule has 6 rings (SSSR count). The summed E-state index contributed by atoms with van der Waals surface area (Å²) in [5.74, 6) is -7.99. The maximum absolute atomic E-state index is 15.5. The van der Waals surface area contributed by atoms with Gasteiger partial charge < -0.3 is 52.5 Å². The minimum Gasteiger partial charge on any atom is -0.465 e. The standard InChI is InChI=1S/C52H74O20/c1-26(53)63-23-36-40(67-30(5)57)41(68-31(6)58)42(69-32(7)59)45(71-36)72-46(62)51-20-18-47(9,10)43(61)39(51)34-14-15-37-48(11)22-35(66-29(4)56)44(70-33(8)60)52(24-64-27(2)54,25-65-28(3)55)38(48)16-17-50(37,13)49(34,12)19-21-51/h14,35-45,61H,15-25H2,1-13H3. The van der Waals surface area contributed by atoms with Gasteiger partial charge in [0.2, 0.25) is 12.4 Å². The molecule has 15 unspecified atom stereocenters. The number of hydrogen-bond acceptors (Lipinski definition) is 20. The van der Waals surface area contributed by atoms with Crippen LogP contribution in [0.4, 0.5) is 0 Å². The highest BCUT2D eigenvalue weighted by molar-refractivity contribution is 5.79. The van der Waals surface area contributed by atoms with E-state index in [2.05, 4.69) is 26.8 Å². The summed E-state index contributed by atoms with van der Waals surface area (Å²) in [6.45, 7) is 18.7. The van der Waals surface area contributed by atoms with Crippen molar-refractivity contribution in [2.45, 2.75) is 190 Å². The second-order valence-electron chi connectivity index (χ2n) is 22.5. The number of carbonyl (C=O) groups excluding carboxylic acids is 9. The number of allylic oxidation sites excluding steroid dienone is 1. The number of hydrogen-bond donors (Lipinski definition) is 1. The summed E-state index contributed by atoms with van der Waals surface area (Å²) in [5.41, 5.74) is -4.60. The van der Waals surface area contributed by atoms with Crippen LogP contribution in [0.1, 0.15) is 141 Å². The van der Waals surface area contributed by atoms with Crippen molar-refractivity contribution >= 4 is 53.7 Å². The van der Waals surface area contributed by atoms with Gasteiger partial charge in [-0.2, -0.15) is 0 Å². The molecule has 5 aliphatic carbocycles. The zero-order valence-electron chi connectivity index (χ0n) is 43.9. The Morgan fingerprint density at radius 1 is 0.597 bits per heavy atom. The van der Waals surface area contributed by atoms with E-state index in [1.165, 1.54) is 27.7 Å². The minimum atomic E-state index is -1.78. The SMILES string of the molecule is CC(=O)OCC1OC(OC(=O)C23CCC(C)(C)C(O)C2C2=CCC4C5(C)CC(OC(C)=O)C(OC(C)=O)C(COC(C)=O)(COC(C)=O)C5CCC4(C)C2(C)CC3)C(OC(C)=O)C(OC(C)=O)C1OC(C)=O. The van der Waals surface area contributed by atoms with Crippen LogP contribution >= 0.6 is 0 Å². The summed E-state index contributed by atoms with van der Waals surface area (Å²) in [5, 5.41) is 12.7. The van der Waals surface area contributed by atoms with Crippen LogP contribution in [0.15, 0.2) is 11.6 Å². The van der Waals surface area contributed by atoms with Crippen LogP contribution in [-0.2, 0) is 90.5 Å². The predicted molar refractivity (Wildman–Crippen MR) is 247 cm³/mol. The quantitative estimate of drug-likeness (QED) is 0.145. The fourth-order valence-corrected chi connectivity index (χ4v) is 14.4. The number of ether oxygens (including phenoxy) is 10. The fraction of sp³-hybridized carbons (Fsp3) is 0.788. The third kappa shape index (κ3) is 10.2.